The largest absolute Gasteiger partial charge is 0.352 e. The molecular formula is C16H21N5OS. The number of amides is 1. The van der Waals surface area contributed by atoms with Crippen LogP contribution in [-0.2, 0) is 4.79 Å². The summed E-state index contributed by atoms with van der Waals surface area (Å²) in [5, 5.41) is 14.8. The van der Waals surface area contributed by atoms with Gasteiger partial charge in [-0.15, -0.1) is 11.7 Å². The number of tetrazole rings is 1. The molecule has 2 rings (SSSR count). The second-order valence-electron chi connectivity index (χ2n) is 5.41. The van der Waals surface area contributed by atoms with Crippen LogP contribution in [0, 0.1) is 0 Å². The van der Waals surface area contributed by atoms with E-state index in [0.717, 1.165) is 5.69 Å². The summed E-state index contributed by atoms with van der Waals surface area (Å²) < 4.78 is 1.64. The van der Waals surface area contributed by atoms with E-state index in [0.29, 0.717) is 17.6 Å². The van der Waals surface area contributed by atoms with Gasteiger partial charge in [-0.2, -0.15) is 4.68 Å². The number of hydrogen-bond donors (Lipinski definition) is 1. The molecule has 0 aliphatic heterocycles. The minimum absolute atomic E-state index is 0.0698. The highest BCUT2D eigenvalue weighted by atomic mass is 32.2. The normalized spacial score (nSPS) is 12.2. The highest BCUT2D eigenvalue weighted by Crippen LogP contribution is 2.24. The summed E-state index contributed by atoms with van der Waals surface area (Å²) >= 11 is 1.32. The van der Waals surface area contributed by atoms with Gasteiger partial charge in [0.2, 0.25) is 11.1 Å². The number of rotatable bonds is 7. The van der Waals surface area contributed by atoms with E-state index in [1.807, 2.05) is 19.1 Å². The molecule has 0 fully saturated rings. The van der Waals surface area contributed by atoms with E-state index in [1.165, 1.54) is 17.3 Å². The van der Waals surface area contributed by atoms with Gasteiger partial charge in [0.15, 0.2) is 0 Å². The summed E-state index contributed by atoms with van der Waals surface area (Å²) in [6.45, 7) is 10.2. The third-order valence-electron chi connectivity index (χ3n) is 3.32. The Kier molecular flexibility index (Phi) is 5.92. The van der Waals surface area contributed by atoms with Gasteiger partial charge in [-0.05, 0) is 41.0 Å². The first kappa shape index (κ1) is 17.2. The molecule has 6 nitrogen and oxygen atoms in total. The Morgan fingerprint density at radius 2 is 2.04 bits per heavy atom. The van der Waals surface area contributed by atoms with Crippen molar-refractivity contribution in [3.05, 3.63) is 42.5 Å². The zero-order valence-corrected chi connectivity index (χ0v) is 14.4. The highest BCUT2D eigenvalue weighted by Gasteiger charge is 2.18. The fourth-order valence-corrected chi connectivity index (χ4v) is 2.78. The molecule has 0 bridgehead atoms. The molecule has 23 heavy (non-hydrogen) atoms. The summed E-state index contributed by atoms with van der Waals surface area (Å²) in [5.41, 5.74) is 2.13. The van der Waals surface area contributed by atoms with Crippen LogP contribution in [0.1, 0.15) is 32.3 Å². The summed E-state index contributed by atoms with van der Waals surface area (Å²) in [7, 11) is 0. The van der Waals surface area contributed by atoms with Crippen molar-refractivity contribution in [1.29, 1.82) is 0 Å². The maximum absolute atomic E-state index is 11.9. The van der Waals surface area contributed by atoms with Crippen LogP contribution in [0.2, 0.25) is 0 Å². The predicted molar refractivity (Wildman–Crippen MR) is 91.8 cm³/mol. The molecule has 0 aliphatic carbocycles. The lowest BCUT2D eigenvalue weighted by Crippen LogP contribution is -2.31. The standard InChI is InChI=1S/C16H21N5OS/c1-5-10-17-15(22)12(4)23-16-18-19-20-21(16)14-8-6-13(7-9-14)11(2)3/h5-9,11-12H,1,10H2,2-4H3,(H,17,22)/t12-/m1/s1. The van der Waals surface area contributed by atoms with Crippen molar-refractivity contribution in [1.82, 2.24) is 25.5 Å². The van der Waals surface area contributed by atoms with E-state index in [1.54, 1.807) is 10.8 Å². The molecule has 0 aliphatic rings. The highest BCUT2D eigenvalue weighted by molar-refractivity contribution is 8.00. The molecule has 1 N–H and O–H groups in total. The van der Waals surface area contributed by atoms with Crippen molar-refractivity contribution >= 4 is 17.7 Å². The van der Waals surface area contributed by atoms with E-state index in [2.05, 4.69) is 53.4 Å². The topological polar surface area (TPSA) is 72.7 Å². The van der Waals surface area contributed by atoms with Gasteiger partial charge in [-0.3, -0.25) is 4.79 Å². The molecule has 0 saturated heterocycles. The number of carbonyl (C=O) groups is 1. The van der Waals surface area contributed by atoms with Crippen LogP contribution in [0.5, 0.6) is 0 Å². The van der Waals surface area contributed by atoms with Gasteiger partial charge < -0.3 is 5.32 Å². The zero-order chi connectivity index (χ0) is 16.8. The molecule has 1 heterocycles. The molecule has 1 aromatic carbocycles. The number of nitrogens with one attached hydrogen (secondary N) is 1. The van der Waals surface area contributed by atoms with Crippen LogP contribution in [0.4, 0.5) is 0 Å². The van der Waals surface area contributed by atoms with Gasteiger partial charge >= 0.3 is 0 Å². The second-order valence-corrected chi connectivity index (χ2v) is 6.72. The average Bonchev–Trinajstić information content (AvgIpc) is 3.00. The lowest BCUT2D eigenvalue weighted by molar-refractivity contribution is -0.120. The monoisotopic (exact) mass is 331 g/mol. The van der Waals surface area contributed by atoms with Crippen LogP contribution >= 0.6 is 11.8 Å². The van der Waals surface area contributed by atoms with E-state index >= 15 is 0 Å². The molecule has 0 saturated carbocycles. The molecule has 1 amide bonds. The lowest BCUT2D eigenvalue weighted by atomic mass is 10.0. The van der Waals surface area contributed by atoms with Gasteiger partial charge in [0.25, 0.3) is 0 Å². The molecule has 2 aromatic rings. The maximum Gasteiger partial charge on any atom is 0.233 e. The number of carbonyl (C=O) groups excluding carboxylic acids is 1. The lowest BCUT2D eigenvalue weighted by Gasteiger charge is -2.11. The summed E-state index contributed by atoms with van der Waals surface area (Å²) in [6, 6.07) is 8.10. The summed E-state index contributed by atoms with van der Waals surface area (Å²) in [5.74, 6) is 0.403. The van der Waals surface area contributed by atoms with Crippen molar-refractivity contribution in [2.24, 2.45) is 0 Å². The van der Waals surface area contributed by atoms with Crippen LogP contribution in [0.3, 0.4) is 0 Å². The van der Waals surface area contributed by atoms with Crippen molar-refractivity contribution in [2.45, 2.75) is 37.1 Å². The van der Waals surface area contributed by atoms with E-state index in [4.69, 9.17) is 0 Å². The SMILES string of the molecule is C=CCNC(=O)[C@@H](C)Sc1nnnn1-c1ccc(C(C)C)cc1. The van der Waals surface area contributed by atoms with Crippen LogP contribution in [-0.4, -0.2) is 37.9 Å². The van der Waals surface area contributed by atoms with E-state index in [-0.39, 0.29) is 11.2 Å². The Hall–Kier alpha value is -2.15. The van der Waals surface area contributed by atoms with Crippen LogP contribution < -0.4 is 5.32 Å². The summed E-state index contributed by atoms with van der Waals surface area (Å²) in [4.78, 5) is 11.9. The number of benzene rings is 1. The molecule has 122 valence electrons. The smallest absolute Gasteiger partial charge is 0.233 e. The quantitative estimate of drug-likeness (QED) is 0.623. The number of hydrogen-bond acceptors (Lipinski definition) is 5. The molecule has 0 radical (unpaired) electrons. The molecule has 1 aromatic heterocycles. The minimum atomic E-state index is -0.297. The molecule has 0 unspecified atom stereocenters. The predicted octanol–water partition coefficient (Wildman–Crippen LogP) is 2.57. The van der Waals surface area contributed by atoms with Gasteiger partial charge in [-0.25, -0.2) is 0 Å². The zero-order valence-electron chi connectivity index (χ0n) is 13.6. The van der Waals surface area contributed by atoms with Gasteiger partial charge in [-0.1, -0.05) is 43.8 Å². The first-order valence-electron chi connectivity index (χ1n) is 7.47. The Morgan fingerprint density at radius 1 is 1.35 bits per heavy atom. The Bertz CT molecular complexity index is 665. The maximum atomic E-state index is 11.9. The van der Waals surface area contributed by atoms with Gasteiger partial charge in [0, 0.05) is 6.54 Å². The fourth-order valence-electron chi connectivity index (χ4n) is 1.94. The van der Waals surface area contributed by atoms with Gasteiger partial charge in [0.05, 0.1) is 10.9 Å². The second kappa shape index (κ2) is 7.92. The van der Waals surface area contributed by atoms with Crippen molar-refractivity contribution in [2.75, 3.05) is 6.54 Å². The molecule has 1 atom stereocenters. The first-order valence-corrected chi connectivity index (χ1v) is 8.35. The third kappa shape index (κ3) is 4.41. The number of thioether (sulfide) groups is 1. The minimum Gasteiger partial charge on any atom is -0.352 e. The fraction of sp³-hybridized carbons (Fsp3) is 0.375. The van der Waals surface area contributed by atoms with E-state index in [9.17, 15) is 4.79 Å². The molecular weight excluding hydrogens is 310 g/mol. The van der Waals surface area contributed by atoms with Crippen LogP contribution in [0.15, 0.2) is 42.1 Å². The first-order chi connectivity index (χ1) is 11.0. The number of aromatic nitrogens is 4. The van der Waals surface area contributed by atoms with Crippen molar-refractivity contribution in [3.63, 3.8) is 0 Å². The Balaban J connectivity index is 2.13. The van der Waals surface area contributed by atoms with Crippen molar-refractivity contribution < 1.29 is 4.79 Å². The van der Waals surface area contributed by atoms with Crippen molar-refractivity contribution in [3.8, 4) is 5.69 Å². The number of nitrogens with zero attached hydrogens (tertiary/aromatic N) is 4. The third-order valence-corrected chi connectivity index (χ3v) is 4.35. The Morgan fingerprint density at radius 3 is 2.65 bits per heavy atom. The molecule has 7 heteroatoms. The average molecular weight is 331 g/mol. The van der Waals surface area contributed by atoms with E-state index < -0.39 is 0 Å². The molecule has 0 spiro atoms. The van der Waals surface area contributed by atoms with Gasteiger partial charge in [0.1, 0.15) is 0 Å². The Labute approximate surface area is 140 Å². The summed E-state index contributed by atoms with van der Waals surface area (Å²) in [6.07, 6.45) is 1.65. The van der Waals surface area contributed by atoms with Crippen LogP contribution in [0.25, 0.3) is 5.69 Å².